The molecule has 1 aliphatic heterocycles. The lowest BCUT2D eigenvalue weighted by atomic mass is 9.91. The Morgan fingerprint density at radius 1 is 1.27 bits per heavy atom. The second-order valence-corrected chi connectivity index (χ2v) is 5.71. The monoisotopic (exact) mass is 316 g/mol. The third-order valence-electron chi connectivity index (χ3n) is 3.92. The Morgan fingerprint density at radius 2 is 2.05 bits per heavy atom. The number of benzene rings is 1. The van der Waals surface area contributed by atoms with Gasteiger partial charge in [-0.25, -0.2) is 4.39 Å². The number of hydrogen-bond donors (Lipinski definition) is 0. The number of allylic oxidation sites excluding steroid dienone is 1. The topological polar surface area (TPSA) is 9.23 Å². The summed E-state index contributed by atoms with van der Waals surface area (Å²) in [4.78, 5) is 0. The maximum Gasteiger partial charge on any atom is 0.409 e. The lowest BCUT2D eigenvalue weighted by Crippen LogP contribution is -2.20. The second kappa shape index (κ2) is 7.27. The van der Waals surface area contributed by atoms with Crippen LogP contribution in [0.15, 0.2) is 24.3 Å². The van der Waals surface area contributed by atoms with E-state index in [0.29, 0.717) is 18.1 Å². The first-order chi connectivity index (χ1) is 10.4. The summed E-state index contributed by atoms with van der Waals surface area (Å²) in [5, 5.41) is 0. The molecule has 2 rings (SSSR count). The van der Waals surface area contributed by atoms with E-state index >= 15 is 0 Å². The van der Waals surface area contributed by atoms with E-state index in [1.807, 2.05) is 0 Å². The van der Waals surface area contributed by atoms with E-state index in [1.54, 1.807) is 6.07 Å². The van der Waals surface area contributed by atoms with E-state index < -0.39 is 12.0 Å². The Morgan fingerprint density at radius 3 is 2.59 bits per heavy atom. The van der Waals surface area contributed by atoms with Gasteiger partial charge in [-0.3, -0.25) is 0 Å². The Kier molecular flexibility index (Phi) is 5.62. The summed E-state index contributed by atoms with van der Waals surface area (Å²) in [5.41, 5.74) is 0.623. The van der Waals surface area contributed by atoms with Gasteiger partial charge in [-0.05, 0) is 42.9 Å². The average Bonchev–Trinajstić information content (AvgIpc) is 2.46. The van der Waals surface area contributed by atoms with E-state index in [1.165, 1.54) is 12.1 Å². The second-order valence-electron chi connectivity index (χ2n) is 5.71. The molecule has 1 saturated heterocycles. The molecule has 0 aliphatic carbocycles. The average molecular weight is 316 g/mol. The minimum Gasteiger partial charge on any atom is -0.373 e. The number of hydrogen-bond acceptors (Lipinski definition) is 1. The molecule has 2 unspecified atom stereocenters. The van der Waals surface area contributed by atoms with E-state index in [9.17, 15) is 17.6 Å². The molecule has 22 heavy (non-hydrogen) atoms. The van der Waals surface area contributed by atoms with Crippen LogP contribution in [-0.2, 0) is 4.74 Å². The maximum atomic E-state index is 13.9. The summed E-state index contributed by atoms with van der Waals surface area (Å²) in [6, 6.07) is 4.29. The van der Waals surface area contributed by atoms with Gasteiger partial charge in [0.2, 0.25) is 0 Å². The van der Waals surface area contributed by atoms with Crippen molar-refractivity contribution >= 4 is 6.08 Å². The highest BCUT2D eigenvalue weighted by molar-refractivity contribution is 5.51. The molecule has 1 heterocycles. The minimum atomic E-state index is -4.44. The van der Waals surface area contributed by atoms with Gasteiger partial charge in [-0.2, -0.15) is 13.2 Å². The van der Waals surface area contributed by atoms with Crippen molar-refractivity contribution in [2.45, 2.75) is 44.9 Å². The largest absolute Gasteiger partial charge is 0.409 e. The van der Waals surface area contributed by atoms with E-state index in [0.717, 1.165) is 31.8 Å². The zero-order valence-electron chi connectivity index (χ0n) is 12.5. The predicted molar refractivity (Wildman–Crippen MR) is 77.8 cm³/mol. The summed E-state index contributed by atoms with van der Waals surface area (Å²) in [6.45, 7) is 2.80. The number of halogens is 4. The van der Waals surface area contributed by atoms with Crippen molar-refractivity contribution in [1.29, 1.82) is 0 Å². The molecular formula is C17H20F4O. The van der Waals surface area contributed by atoms with Gasteiger partial charge in [-0.15, -0.1) is 0 Å². The van der Waals surface area contributed by atoms with Crippen LogP contribution in [0, 0.1) is 11.7 Å². The van der Waals surface area contributed by atoms with Crippen LogP contribution in [0.4, 0.5) is 17.6 Å². The number of ether oxygens (including phenoxy) is 1. The van der Waals surface area contributed by atoms with E-state index in [2.05, 4.69) is 6.92 Å². The fourth-order valence-corrected chi connectivity index (χ4v) is 2.77. The molecule has 1 aromatic carbocycles. The Labute approximate surface area is 128 Å². The lowest BCUT2D eigenvalue weighted by Gasteiger charge is -2.29. The van der Waals surface area contributed by atoms with Crippen molar-refractivity contribution in [2.75, 3.05) is 6.61 Å². The van der Waals surface area contributed by atoms with Crippen LogP contribution in [0.1, 0.15) is 49.8 Å². The molecule has 122 valence electrons. The SMILES string of the molecule is CCCC1CCC(c2ccc(/C=C/C(F)(F)F)c(F)c2)OC1. The van der Waals surface area contributed by atoms with Crippen LogP contribution in [-0.4, -0.2) is 12.8 Å². The van der Waals surface area contributed by atoms with Crippen LogP contribution in [0.3, 0.4) is 0 Å². The first-order valence-electron chi connectivity index (χ1n) is 7.56. The van der Waals surface area contributed by atoms with Crippen molar-refractivity contribution in [3.63, 3.8) is 0 Å². The molecule has 0 N–H and O–H groups in total. The van der Waals surface area contributed by atoms with Crippen LogP contribution >= 0.6 is 0 Å². The molecule has 0 amide bonds. The molecule has 0 aromatic heterocycles. The number of alkyl halides is 3. The number of rotatable bonds is 4. The molecule has 2 atom stereocenters. The summed E-state index contributed by atoms with van der Waals surface area (Å²) < 4.78 is 56.0. The summed E-state index contributed by atoms with van der Waals surface area (Å²) >= 11 is 0. The fourth-order valence-electron chi connectivity index (χ4n) is 2.77. The first-order valence-corrected chi connectivity index (χ1v) is 7.56. The third-order valence-corrected chi connectivity index (χ3v) is 3.92. The molecule has 1 fully saturated rings. The Hall–Kier alpha value is -1.36. The highest BCUT2D eigenvalue weighted by Crippen LogP contribution is 2.33. The van der Waals surface area contributed by atoms with Gasteiger partial charge in [0.15, 0.2) is 0 Å². The molecule has 1 nitrogen and oxygen atoms in total. The molecule has 0 bridgehead atoms. The van der Waals surface area contributed by atoms with Gasteiger partial charge in [0.05, 0.1) is 12.7 Å². The molecule has 1 aromatic rings. The fraction of sp³-hybridized carbons (Fsp3) is 0.529. The van der Waals surface area contributed by atoms with Crippen molar-refractivity contribution in [3.05, 3.63) is 41.2 Å². The van der Waals surface area contributed by atoms with Crippen molar-refractivity contribution in [1.82, 2.24) is 0 Å². The minimum absolute atomic E-state index is 0.0392. The van der Waals surface area contributed by atoms with E-state index in [4.69, 9.17) is 4.74 Å². The van der Waals surface area contributed by atoms with Gasteiger partial charge in [0.25, 0.3) is 0 Å². The van der Waals surface area contributed by atoms with Gasteiger partial charge in [0.1, 0.15) is 5.82 Å². The van der Waals surface area contributed by atoms with E-state index in [-0.39, 0.29) is 17.7 Å². The Balaban J connectivity index is 2.02. The summed E-state index contributed by atoms with van der Waals surface area (Å²) in [7, 11) is 0. The van der Waals surface area contributed by atoms with Crippen LogP contribution in [0.2, 0.25) is 0 Å². The van der Waals surface area contributed by atoms with Gasteiger partial charge in [0, 0.05) is 11.6 Å². The van der Waals surface area contributed by atoms with Crippen molar-refractivity contribution < 1.29 is 22.3 Å². The van der Waals surface area contributed by atoms with Gasteiger partial charge < -0.3 is 4.74 Å². The smallest absolute Gasteiger partial charge is 0.373 e. The predicted octanol–water partition coefficient (Wildman–Crippen LogP) is 5.67. The molecule has 1 aliphatic rings. The van der Waals surface area contributed by atoms with Crippen LogP contribution < -0.4 is 0 Å². The van der Waals surface area contributed by atoms with Gasteiger partial charge in [-0.1, -0.05) is 25.5 Å². The summed E-state index contributed by atoms with van der Waals surface area (Å²) in [6.07, 6.45) is 0.290. The van der Waals surface area contributed by atoms with Crippen molar-refractivity contribution in [3.8, 4) is 0 Å². The van der Waals surface area contributed by atoms with Crippen molar-refractivity contribution in [2.24, 2.45) is 5.92 Å². The standard InChI is InChI=1S/C17H20F4O/c1-2-3-12-4-7-16(22-11-12)14-6-5-13(15(18)10-14)8-9-17(19,20)21/h5-6,8-10,12,16H,2-4,7,11H2,1H3/b9-8+. The summed E-state index contributed by atoms with van der Waals surface area (Å²) in [5.74, 6) is -0.0997. The molecule has 0 radical (unpaired) electrons. The maximum absolute atomic E-state index is 13.9. The lowest BCUT2D eigenvalue weighted by molar-refractivity contribution is -0.0790. The van der Waals surface area contributed by atoms with Gasteiger partial charge >= 0.3 is 6.18 Å². The van der Waals surface area contributed by atoms with Crippen LogP contribution in [0.25, 0.3) is 6.08 Å². The molecule has 5 heteroatoms. The zero-order chi connectivity index (χ0) is 16.2. The highest BCUT2D eigenvalue weighted by atomic mass is 19.4. The first kappa shape index (κ1) is 17.0. The normalized spacial score (nSPS) is 23.1. The molecular weight excluding hydrogens is 296 g/mol. The Bertz CT molecular complexity index is 514. The highest BCUT2D eigenvalue weighted by Gasteiger charge is 2.24. The molecule has 0 saturated carbocycles. The third kappa shape index (κ3) is 4.83. The quantitative estimate of drug-likeness (QED) is 0.650. The van der Waals surface area contributed by atoms with Crippen LogP contribution in [0.5, 0.6) is 0 Å². The zero-order valence-corrected chi connectivity index (χ0v) is 12.5. The molecule has 0 spiro atoms.